The number of carboxylic acid groups (broad SMARTS) is 1. The Kier molecular flexibility index (Phi) is 25.0. The van der Waals surface area contributed by atoms with Gasteiger partial charge >= 0.3 is 0 Å². The second-order valence-corrected chi connectivity index (χ2v) is 9.17. The molecule has 0 aromatic rings. The fourth-order valence-corrected chi connectivity index (χ4v) is 1.79. The van der Waals surface area contributed by atoms with Crippen LogP contribution in [0.15, 0.2) is 12.2 Å². The second-order valence-electron chi connectivity index (χ2n) is 8.12. The van der Waals surface area contributed by atoms with Crippen molar-refractivity contribution in [1.82, 2.24) is 0 Å². The zero-order valence-electron chi connectivity index (χ0n) is 21.0. The maximum absolute atomic E-state index is 9.49. The summed E-state index contributed by atoms with van der Waals surface area (Å²) in [5, 5.41) is 9.49. The Labute approximate surface area is 191 Å². The highest BCUT2D eigenvalue weighted by atomic mass is 32.3. The van der Waals surface area contributed by atoms with Crippen LogP contribution in [-0.4, -0.2) is 102 Å². The van der Waals surface area contributed by atoms with Crippen molar-refractivity contribution in [3.63, 3.8) is 0 Å². The van der Waals surface area contributed by atoms with Gasteiger partial charge in [0.2, 0.25) is 10.4 Å². The molecule has 190 valence electrons. The molecular weight excluding hydrogens is 424 g/mol. The van der Waals surface area contributed by atoms with Crippen LogP contribution in [0.2, 0.25) is 0 Å². The first-order chi connectivity index (χ1) is 13.9. The number of hydrogen-bond donors (Lipinski definition) is 2. The molecule has 0 amide bonds. The van der Waals surface area contributed by atoms with E-state index >= 15 is 0 Å². The van der Waals surface area contributed by atoms with E-state index < -0.39 is 16.4 Å². The molecule has 0 aliphatic rings. The summed E-state index contributed by atoms with van der Waals surface area (Å²) in [6.45, 7) is 16.7. The van der Waals surface area contributed by atoms with Crippen molar-refractivity contribution in [2.45, 2.75) is 40.5 Å². The normalized spacial score (nSPS) is 11.1. The molecule has 31 heavy (non-hydrogen) atoms. The highest BCUT2D eigenvalue weighted by Crippen LogP contribution is 1.96. The summed E-state index contributed by atoms with van der Waals surface area (Å²) in [6, 6.07) is 0. The lowest BCUT2D eigenvalue weighted by Crippen LogP contribution is -2.40. The van der Waals surface area contributed by atoms with E-state index in [1.54, 1.807) is 0 Å². The molecule has 0 bridgehead atoms. The Morgan fingerprint density at radius 3 is 1.32 bits per heavy atom. The SMILES string of the molecule is C=C(C)C(=O)[O-].CCOS(=O)(=O)[O-].CC[N+](C)(C)CCCN.CC[N+](C)(C)CCCN. The van der Waals surface area contributed by atoms with E-state index in [-0.39, 0.29) is 12.2 Å². The van der Waals surface area contributed by atoms with E-state index in [1.165, 1.54) is 40.0 Å². The van der Waals surface area contributed by atoms with Crippen LogP contribution >= 0.6 is 0 Å². The maximum Gasteiger partial charge on any atom is 0.217 e. The second kappa shape index (κ2) is 20.8. The van der Waals surface area contributed by atoms with Gasteiger partial charge in [-0.2, -0.15) is 0 Å². The fourth-order valence-electron chi connectivity index (χ4n) is 1.50. The van der Waals surface area contributed by atoms with E-state index in [9.17, 15) is 22.9 Å². The lowest BCUT2D eigenvalue weighted by Gasteiger charge is -2.27. The Morgan fingerprint density at radius 1 is 0.935 bits per heavy atom. The zero-order valence-corrected chi connectivity index (χ0v) is 21.8. The summed E-state index contributed by atoms with van der Waals surface area (Å²) in [5.74, 6) is -1.19. The Hall–Kier alpha value is -1.08. The first kappa shape index (κ1) is 37.2. The number of quaternary nitrogens is 2. The fraction of sp³-hybridized carbons (Fsp3) is 0.850. The molecule has 0 atom stereocenters. The van der Waals surface area contributed by atoms with Crippen LogP contribution in [0, 0.1) is 0 Å². The lowest BCUT2D eigenvalue weighted by atomic mass is 10.3. The number of nitrogens with zero attached hydrogens (tertiary/aromatic N) is 2. The molecule has 0 aromatic carbocycles. The highest BCUT2D eigenvalue weighted by molar-refractivity contribution is 7.80. The summed E-state index contributed by atoms with van der Waals surface area (Å²) in [4.78, 5) is 9.49. The van der Waals surface area contributed by atoms with Crippen molar-refractivity contribution >= 4 is 16.4 Å². The number of carboxylic acids is 1. The topological polar surface area (TPSA) is 159 Å². The maximum atomic E-state index is 9.49. The minimum atomic E-state index is -4.42. The van der Waals surface area contributed by atoms with Crippen LogP contribution in [0.25, 0.3) is 0 Å². The van der Waals surface area contributed by atoms with E-state index in [0.717, 1.165) is 34.9 Å². The number of carbonyl (C=O) groups excluding carboxylic acids is 1. The van der Waals surface area contributed by atoms with Crippen molar-refractivity contribution in [3.05, 3.63) is 12.2 Å². The molecule has 10 nitrogen and oxygen atoms in total. The molecule has 0 aliphatic carbocycles. The molecule has 0 aliphatic heterocycles. The summed E-state index contributed by atoms with van der Waals surface area (Å²) in [6.07, 6.45) is 2.28. The summed E-state index contributed by atoms with van der Waals surface area (Å²) in [7, 11) is 4.50. The summed E-state index contributed by atoms with van der Waals surface area (Å²) >= 11 is 0. The largest absolute Gasteiger partial charge is 0.726 e. The van der Waals surface area contributed by atoms with Crippen molar-refractivity contribution in [3.8, 4) is 0 Å². The summed E-state index contributed by atoms with van der Waals surface area (Å²) in [5.41, 5.74) is 10.8. The molecule has 0 spiro atoms. The standard InChI is InChI=1S/2C7H19N2.C4H6O2.C2H6O4S/c2*1-4-9(2,3)7-5-6-8;1-3(2)4(5)6;1-2-6-7(3,4)5/h2*4-8H2,1-3H3;1H2,2H3,(H,5,6);2H2,1H3,(H,3,4,5)/q2*+1;;/p-2. The van der Waals surface area contributed by atoms with Crippen LogP contribution in [0.5, 0.6) is 0 Å². The van der Waals surface area contributed by atoms with Crippen molar-refractivity contribution in [2.24, 2.45) is 11.5 Å². The molecule has 0 rings (SSSR count). The molecule has 0 saturated heterocycles. The zero-order chi connectivity index (χ0) is 25.7. The smallest absolute Gasteiger partial charge is 0.217 e. The van der Waals surface area contributed by atoms with Crippen molar-refractivity contribution in [2.75, 3.05) is 74.1 Å². The third-order valence-electron chi connectivity index (χ3n) is 4.26. The van der Waals surface area contributed by atoms with Crippen molar-refractivity contribution in [1.29, 1.82) is 0 Å². The minimum absolute atomic E-state index is 0.0648. The molecule has 4 N–H and O–H groups in total. The van der Waals surface area contributed by atoms with Crippen LogP contribution in [0.3, 0.4) is 0 Å². The van der Waals surface area contributed by atoms with Crippen LogP contribution in [-0.2, 0) is 19.4 Å². The number of nitrogens with two attached hydrogens (primary N) is 2. The third-order valence-corrected chi connectivity index (χ3v) is 4.78. The monoisotopic (exact) mass is 472 g/mol. The Bertz CT molecular complexity index is 520. The molecule has 0 heterocycles. The molecular formula is C20H48N4O6S. The minimum Gasteiger partial charge on any atom is -0.726 e. The van der Waals surface area contributed by atoms with Gasteiger partial charge in [0.05, 0.1) is 66.9 Å². The quantitative estimate of drug-likeness (QED) is 0.179. The molecule has 0 radical (unpaired) electrons. The number of carbonyl (C=O) groups is 1. The molecule has 0 saturated carbocycles. The third kappa shape index (κ3) is 39.9. The lowest BCUT2D eigenvalue weighted by molar-refractivity contribution is -0.888. The van der Waals surface area contributed by atoms with Gasteiger partial charge in [0.15, 0.2) is 0 Å². The summed E-state index contributed by atoms with van der Waals surface area (Å²) < 4.78 is 34.2. The molecule has 0 unspecified atom stereocenters. The van der Waals surface area contributed by atoms with E-state index in [0.29, 0.717) is 0 Å². The van der Waals surface area contributed by atoms with Crippen LogP contribution in [0.1, 0.15) is 40.5 Å². The van der Waals surface area contributed by atoms with E-state index in [4.69, 9.17) is 11.5 Å². The number of aliphatic carboxylic acids is 1. The van der Waals surface area contributed by atoms with Gasteiger partial charge in [0, 0.05) is 12.8 Å². The van der Waals surface area contributed by atoms with Gasteiger partial charge in [-0.15, -0.1) is 0 Å². The van der Waals surface area contributed by atoms with E-state index in [2.05, 4.69) is 52.8 Å². The molecule has 11 heteroatoms. The van der Waals surface area contributed by atoms with Gasteiger partial charge in [-0.3, -0.25) is 4.18 Å². The van der Waals surface area contributed by atoms with Crippen LogP contribution < -0.4 is 16.6 Å². The first-order valence-corrected chi connectivity index (χ1v) is 11.8. The van der Waals surface area contributed by atoms with Gasteiger partial charge in [-0.25, -0.2) is 8.42 Å². The first-order valence-electron chi connectivity index (χ1n) is 10.5. The molecule has 0 fully saturated rings. The van der Waals surface area contributed by atoms with E-state index in [1.807, 2.05) is 0 Å². The Balaban J connectivity index is -0.000000159. The van der Waals surface area contributed by atoms with Gasteiger partial charge in [-0.1, -0.05) is 6.58 Å². The van der Waals surface area contributed by atoms with Gasteiger partial charge in [-0.05, 0) is 46.4 Å². The van der Waals surface area contributed by atoms with Crippen molar-refractivity contribution < 1.29 is 36.0 Å². The van der Waals surface area contributed by atoms with Gasteiger partial charge in [0.25, 0.3) is 0 Å². The average molecular weight is 473 g/mol. The predicted molar refractivity (Wildman–Crippen MR) is 124 cm³/mol. The highest BCUT2D eigenvalue weighted by Gasteiger charge is 2.09. The predicted octanol–water partition coefficient (Wildman–Crippen LogP) is -0.341. The average Bonchev–Trinajstić information content (AvgIpc) is 2.65. The van der Waals surface area contributed by atoms with Gasteiger partial charge in [0.1, 0.15) is 0 Å². The molecule has 0 aromatic heterocycles. The number of rotatable bonds is 11. The van der Waals surface area contributed by atoms with Gasteiger partial charge < -0.3 is 34.9 Å². The van der Waals surface area contributed by atoms with Crippen LogP contribution in [0.4, 0.5) is 0 Å². The Morgan fingerprint density at radius 2 is 1.23 bits per heavy atom. The number of hydrogen-bond acceptors (Lipinski definition) is 8.